The lowest BCUT2D eigenvalue weighted by Crippen LogP contribution is -2.13. The summed E-state index contributed by atoms with van der Waals surface area (Å²) >= 11 is 0. The van der Waals surface area contributed by atoms with E-state index in [1.54, 1.807) is 12.5 Å². The average Bonchev–Trinajstić information content (AvgIpc) is 2.86. The largest absolute Gasteiger partial charge is 0.345 e. The van der Waals surface area contributed by atoms with Gasteiger partial charge in [-0.3, -0.25) is 4.79 Å². The fourth-order valence-electron chi connectivity index (χ4n) is 2.19. The number of rotatable bonds is 1. The van der Waals surface area contributed by atoms with Crippen LogP contribution in [0.15, 0.2) is 42.4 Å². The summed E-state index contributed by atoms with van der Waals surface area (Å²) in [6.07, 6.45) is 6.97. The highest BCUT2D eigenvalue weighted by Gasteiger charge is 2.21. The molecule has 0 bridgehead atoms. The van der Waals surface area contributed by atoms with Gasteiger partial charge in [-0.1, -0.05) is 24.3 Å². The van der Waals surface area contributed by atoms with Crippen LogP contribution in [0, 0.1) is 0 Å². The first-order valence-corrected chi connectivity index (χ1v) is 5.66. The van der Waals surface area contributed by atoms with Gasteiger partial charge in [0, 0.05) is 11.1 Å². The Bertz CT molecular complexity index is 582. The van der Waals surface area contributed by atoms with Gasteiger partial charge < -0.3 is 4.98 Å². The number of aromatic nitrogens is 2. The second kappa shape index (κ2) is 4.01. The highest BCUT2D eigenvalue weighted by molar-refractivity contribution is 6.13. The Hall–Kier alpha value is -2.16. The number of aromatic amines is 1. The molecule has 1 aromatic carbocycles. The van der Waals surface area contributed by atoms with Crippen molar-refractivity contribution in [3.63, 3.8) is 0 Å². The van der Waals surface area contributed by atoms with Gasteiger partial charge in [-0.25, -0.2) is 4.98 Å². The second-order valence-electron chi connectivity index (χ2n) is 4.16. The van der Waals surface area contributed by atoms with Crippen LogP contribution in [-0.2, 0) is 6.42 Å². The number of allylic oxidation sites excluding steroid dienone is 1. The smallest absolute Gasteiger partial charge is 0.189 e. The van der Waals surface area contributed by atoms with Crippen LogP contribution < -0.4 is 0 Å². The molecule has 17 heavy (non-hydrogen) atoms. The summed E-state index contributed by atoms with van der Waals surface area (Å²) in [5, 5.41) is 0. The number of aryl methyl sites for hydroxylation is 1. The third kappa shape index (κ3) is 1.80. The fraction of sp³-hybridized carbons (Fsp3) is 0.143. The maximum atomic E-state index is 12.2. The number of H-pyrrole nitrogens is 1. The van der Waals surface area contributed by atoms with Gasteiger partial charge in [-0.05, 0) is 24.5 Å². The first-order chi connectivity index (χ1) is 8.34. The van der Waals surface area contributed by atoms with E-state index in [1.807, 2.05) is 30.3 Å². The molecule has 1 aliphatic carbocycles. The van der Waals surface area contributed by atoms with Crippen molar-refractivity contribution < 1.29 is 4.79 Å². The van der Waals surface area contributed by atoms with E-state index in [2.05, 4.69) is 9.97 Å². The molecular weight excluding hydrogens is 212 g/mol. The van der Waals surface area contributed by atoms with Crippen LogP contribution in [-0.4, -0.2) is 15.8 Å². The molecule has 0 atom stereocenters. The summed E-state index contributed by atoms with van der Waals surface area (Å²) in [6, 6.07) is 7.82. The van der Waals surface area contributed by atoms with Crippen LogP contribution in [0.1, 0.15) is 28.0 Å². The van der Waals surface area contributed by atoms with Crippen molar-refractivity contribution in [2.24, 2.45) is 0 Å². The predicted molar refractivity (Wildman–Crippen MR) is 65.7 cm³/mol. The van der Waals surface area contributed by atoms with Crippen molar-refractivity contribution in [2.45, 2.75) is 12.8 Å². The summed E-state index contributed by atoms with van der Waals surface area (Å²) in [4.78, 5) is 19.2. The number of hydrogen-bond donors (Lipinski definition) is 1. The molecule has 3 nitrogen and oxygen atoms in total. The van der Waals surface area contributed by atoms with E-state index >= 15 is 0 Å². The van der Waals surface area contributed by atoms with Crippen molar-refractivity contribution in [1.29, 1.82) is 0 Å². The van der Waals surface area contributed by atoms with Crippen LogP contribution in [0.2, 0.25) is 0 Å². The Labute approximate surface area is 99.2 Å². The van der Waals surface area contributed by atoms with Crippen molar-refractivity contribution in [1.82, 2.24) is 9.97 Å². The number of Topliss-reactive ketones (excluding diaryl/α,β-unsaturated/α-hetero) is 1. The molecule has 3 heteroatoms. The minimum Gasteiger partial charge on any atom is -0.345 e. The quantitative estimate of drug-likeness (QED) is 0.757. The number of benzene rings is 1. The van der Waals surface area contributed by atoms with Gasteiger partial charge in [-0.15, -0.1) is 0 Å². The topological polar surface area (TPSA) is 45.8 Å². The maximum absolute atomic E-state index is 12.2. The molecule has 0 amide bonds. The van der Waals surface area contributed by atoms with E-state index in [9.17, 15) is 4.79 Å². The molecule has 0 radical (unpaired) electrons. The van der Waals surface area contributed by atoms with Crippen LogP contribution in [0.4, 0.5) is 0 Å². The molecule has 0 fully saturated rings. The van der Waals surface area contributed by atoms with Gasteiger partial charge in [0.1, 0.15) is 0 Å². The van der Waals surface area contributed by atoms with Crippen LogP contribution in [0.25, 0.3) is 6.08 Å². The summed E-state index contributed by atoms with van der Waals surface area (Å²) in [5.74, 6) is 0.140. The Morgan fingerprint density at radius 2 is 2.12 bits per heavy atom. The highest BCUT2D eigenvalue weighted by atomic mass is 16.1. The highest BCUT2D eigenvalue weighted by Crippen LogP contribution is 2.25. The molecule has 3 rings (SSSR count). The lowest BCUT2D eigenvalue weighted by Gasteiger charge is -2.16. The molecule has 0 aliphatic heterocycles. The minimum absolute atomic E-state index is 0.140. The number of carbonyl (C=O) groups excluding carboxylic acids is 1. The number of imidazole rings is 1. The third-order valence-corrected chi connectivity index (χ3v) is 3.07. The van der Waals surface area contributed by atoms with Gasteiger partial charge in [0.15, 0.2) is 5.78 Å². The first kappa shape index (κ1) is 10.0. The van der Waals surface area contributed by atoms with E-state index in [1.165, 1.54) is 0 Å². The lowest BCUT2D eigenvalue weighted by atomic mass is 9.86. The zero-order valence-corrected chi connectivity index (χ0v) is 9.31. The molecular formula is C14H12N2O. The van der Waals surface area contributed by atoms with Gasteiger partial charge >= 0.3 is 0 Å². The van der Waals surface area contributed by atoms with Crippen LogP contribution >= 0.6 is 0 Å². The van der Waals surface area contributed by atoms with Crippen LogP contribution in [0.5, 0.6) is 0 Å². The molecule has 0 saturated carbocycles. The van der Waals surface area contributed by atoms with Gasteiger partial charge in [0.05, 0.1) is 18.2 Å². The van der Waals surface area contributed by atoms with Gasteiger partial charge in [0.2, 0.25) is 0 Å². The molecule has 1 N–H and O–H groups in total. The maximum Gasteiger partial charge on any atom is 0.189 e. The first-order valence-electron chi connectivity index (χ1n) is 5.66. The van der Waals surface area contributed by atoms with Gasteiger partial charge in [-0.2, -0.15) is 0 Å². The normalized spacial score (nSPS) is 17.2. The van der Waals surface area contributed by atoms with Crippen molar-refractivity contribution >= 4 is 11.9 Å². The molecule has 0 saturated heterocycles. The molecule has 1 aromatic heterocycles. The third-order valence-electron chi connectivity index (χ3n) is 3.07. The van der Waals surface area contributed by atoms with E-state index in [0.29, 0.717) is 0 Å². The van der Waals surface area contributed by atoms with Gasteiger partial charge in [0.25, 0.3) is 0 Å². The molecule has 1 aliphatic rings. The monoisotopic (exact) mass is 224 g/mol. The number of nitrogens with zero attached hydrogens (tertiary/aromatic N) is 1. The number of carbonyl (C=O) groups is 1. The van der Waals surface area contributed by atoms with Crippen LogP contribution in [0.3, 0.4) is 0 Å². The van der Waals surface area contributed by atoms with Crippen molar-refractivity contribution in [2.75, 3.05) is 0 Å². The lowest BCUT2D eigenvalue weighted by molar-refractivity contribution is 0.102. The van der Waals surface area contributed by atoms with Crippen molar-refractivity contribution in [3.05, 3.63) is 59.2 Å². The molecule has 0 spiro atoms. The Morgan fingerprint density at radius 1 is 1.24 bits per heavy atom. The zero-order chi connectivity index (χ0) is 11.7. The standard InChI is InChI=1S/C14H12N2O/c17-14-11(7-12-8-15-9-16-12)6-5-10-3-1-2-4-13(10)14/h1-4,7-9H,5-6H2,(H,15,16). The summed E-state index contributed by atoms with van der Waals surface area (Å²) in [7, 11) is 0. The predicted octanol–water partition coefficient (Wildman–Crippen LogP) is 2.62. The number of fused-ring (bicyclic) bond motifs is 1. The Morgan fingerprint density at radius 3 is 2.94 bits per heavy atom. The number of hydrogen-bond acceptors (Lipinski definition) is 2. The molecule has 0 unspecified atom stereocenters. The molecule has 1 heterocycles. The molecule has 84 valence electrons. The van der Waals surface area contributed by atoms with Crippen molar-refractivity contribution in [3.8, 4) is 0 Å². The summed E-state index contributed by atoms with van der Waals surface area (Å²) in [6.45, 7) is 0. The Balaban J connectivity index is 2.00. The minimum atomic E-state index is 0.140. The van der Waals surface area contributed by atoms with E-state index in [4.69, 9.17) is 0 Å². The Kier molecular flexibility index (Phi) is 2.37. The summed E-state index contributed by atoms with van der Waals surface area (Å²) in [5.41, 5.74) is 3.73. The zero-order valence-electron chi connectivity index (χ0n) is 9.31. The molecule has 2 aromatic rings. The van der Waals surface area contributed by atoms with E-state index in [-0.39, 0.29) is 5.78 Å². The SMILES string of the molecule is O=C1C(=Cc2cnc[nH]2)CCc2ccccc21. The second-order valence-corrected chi connectivity index (χ2v) is 4.16. The summed E-state index contributed by atoms with van der Waals surface area (Å²) < 4.78 is 0. The van der Waals surface area contributed by atoms with E-state index in [0.717, 1.165) is 35.2 Å². The number of ketones is 1. The number of nitrogens with one attached hydrogen (secondary N) is 1. The van der Waals surface area contributed by atoms with E-state index < -0.39 is 0 Å². The fourth-order valence-corrected chi connectivity index (χ4v) is 2.19. The average molecular weight is 224 g/mol.